The Morgan fingerprint density at radius 1 is 1.14 bits per heavy atom. The van der Waals surface area contributed by atoms with Gasteiger partial charge in [-0.3, -0.25) is 4.90 Å². The summed E-state index contributed by atoms with van der Waals surface area (Å²) in [5, 5.41) is 0. The van der Waals surface area contributed by atoms with Gasteiger partial charge in [-0.15, -0.1) is 0 Å². The van der Waals surface area contributed by atoms with Crippen LogP contribution in [0.2, 0.25) is 0 Å². The van der Waals surface area contributed by atoms with Crippen molar-refractivity contribution in [1.82, 2.24) is 4.90 Å². The number of nitrogens with zero attached hydrogens (tertiary/aromatic N) is 1. The molecule has 2 nitrogen and oxygen atoms in total. The minimum absolute atomic E-state index is 0.0980. The third-order valence-corrected chi connectivity index (χ3v) is 4.99. The Morgan fingerprint density at radius 2 is 1.90 bits per heavy atom. The number of nitrogens with two attached hydrogens (primary N) is 1. The Hall–Kier alpha value is -1.71. The molecule has 1 saturated carbocycles. The molecule has 1 aliphatic heterocycles. The summed E-state index contributed by atoms with van der Waals surface area (Å²) in [6.07, 6.45) is 2.31. The normalized spacial score (nSPS) is 23.0. The first kappa shape index (κ1) is 13.0. The second kappa shape index (κ2) is 4.65. The number of rotatable bonds is 3. The topological polar surface area (TPSA) is 29.3 Å². The van der Waals surface area contributed by atoms with E-state index in [0.717, 1.165) is 24.9 Å². The van der Waals surface area contributed by atoms with Gasteiger partial charge in [-0.2, -0.15) is 0 Å². The van der Waals surface area contributed by atoms with E-state index >= 15 is 0 Å². The van der Waals surface area contributed by atoms with Crippen LogP contribution in [0.25, 0.3) is 0 Å². The molecule has 0 radical (unpaired) electrons. The summed E-state index contributed by atoms with van der Waals surface area (Å²) >= 11 is 0. The van der Waals surface area contributed by atoms with E-state index in [2.05, 4.69) is 29.2 Å². The van der Waals surface area contributed by atoms with E-state index < -0.39 is 0 Å². The van der Waals surface area contributed by atoms with Crippen molar-refractivity contribution in [3.05, 3.63) is 71.0 Å². The van der Waals surface area contributed by atoms with Crippen LogP contribution in [-0.4, -0.2) is 11.4 Å². The van der Waals surface area contributed by atoms with Crippen LogP contribution in [-0.2, 0) is 12.1 Å². The molecule has 0 aromatic heterocycles. The van der Waals surface area contributed by atoms with Gasteiger partial charge in [0.25, 0.3) is 0 Å². The van der Waals surface area contributed by atoms with Gasteiger partial charge in [0.1, 0.15) is 5.82 Å². The van der Waals surface area contributed by atoms with Gasteiger partial charge >= 0.3 is 0 Å². The fraction of sp³-hybridized carbons (Fsp3) is 0.333. The monoisotopic (exact) mass is 282 g/mol. The van der Waals surface area contributed by atoms with Gasteiger partial charge < -0.3 is 5.73 Å². The molecule has 3 heteroatoms. The molecular weight excluding hydrogens is 263 g/mol. The molecule has 21 heavy (non-hydrogen) atoms. The highest BCUT2D eigenvalue weighted by Crippen LogP contribution is 2.56. The van der Waals surface area contributed by atoms with E-state index in [1.807, 2.05) is 12.1 Å². The lowest BCUT2D eigenvalue weighted by Gasteiger charge is -2.33. The maximum absolute atomic E-state index is 13.6. The van der Waals surface area contributed by atoms with Crippen molar-refractivity contribution in [2.24, 2.45) is 5.73 Å². The van der Waals surface area contributed by atoms with Crippen LogP contribution < -0.4 is 5.73 Å². The third kappa shape index (κ3) is 1.92. The highest BCUT2D eigenvalue weighted by atomic mass is 19.1. The van der Waals surface area contributed by atoms with Gasteiger partial charge in [-0.05, 0) is 41.7 Å². The van der Waals surface area contributed by atoms with Crippen molar-refractivity contribution in [2.75, 3.05) is 6.54 Å². The molecule has 1 fully saturated rings. The lowest BCUT2D eigenvalue weighted by molar-refractivity contribution is 0.129. The molecule has 0 amide bonds. The Morgan fingerprint density at radius 3 is 2.57 bits per heavy atom. The van der Waals surface area contributed by atoms with Gasteiger partial charge in [0.05, 0.1) is 0 Å². The molecule has 1 aliphatic carbocycles. The van der Waals surface area contributed by atoms with Crippen LogP contribution >= 0.6 is 0 Å². The summed E-state index contributed by atoms with van der Waals surface area (Å²) in [4.78, 5) is 2.48. The molecule has 108 valence electrons. The van der Waals surface area contributed by atoms with Crippen molar-refractivity contribution in [2.45, 2.75) is 31.0 Å². The zero-order valence-electron chi connectivity index (χ0n) is 11.9. The molecule has 1 atom stereocenters. The second-order valence-corrected chi connectivity index (χ2v) is 6.12. The van der Waals surface area contributed by atoms with Crippen LogP contribution in [0, 0.1) is 5.82 Å². The van der Waals surface area contributed by atoms with Crippen LogP contribution in [0.4, 0.5) is 4.39 Å². The summed E-state index contributed by atoms with van der Waals surface area (Å²) in [5.41, 5.74) is 9.77. The highest BCUT2D eigenvalue weighted by Gasteiger charge is 2.53. The fourth-order valence-corrected chi connectivity index (χ4v) is 3.79. The first-order valence-electron chi connectivity index (χ1n) is 7.55. The van der Waals surface area contributed by atoms with Gasteiger partial charge in [0.15, 0.2) is 0 Å². The van der Waals surface area contributed by atoms with Gasteiger partial charge in [0, 0.05) is 24.7 Å². The molecule has 4 rings (SSSR count). The molecule has 1 unspecified atom stereocenters. The molecule has 2 aromatic rings. The second-order valence-electron chi connectivity index (χ2n) is 6.12. The van der Waals surface area contributed by atoms with E-state index in [4.69, 9.17) is 5.73 Å². The van der Waals surface area contributed by atoms with Crippen molar-refractivity contribution >= 4 is 0 Å². The maximum Gasteiger partial charge on any atom is 0.123 e. The number of hydrogen-bond donors (Lipinski definition) is 1. The minimum atomic E-state index is -0.168. The van der Waals surface area contributed by atoms with Gasteiger partial charge in [0.2, 0.25) is 0 Å². The quantitative estimate of drug-likeness (QED) is 0.935. The largest absolute Gasteiger partial charge is 0.329 e. The number of hydrogen-bond acceptors (Lipinski definition) is 2. The third-order valence-electron chi connectivity index (χ3n) is 4.99. The minimum Gasteiger partial charge on any atom is -0.329 e. The predicted octanol–water partition coefficient (Wildman–Crippen LogP) is 3.33. The van der Waals surface area contributed by atoms with Gasteiger partial charge in [-0.1, -0.05) is 36.4 Å². The van der Waals surface area contributed by atoms with Gasteiger partial charge in [-0.25, -0.2) is 4.39 Å². The molecule has 2 aromatic carbocycles. The smallest absolute Gasteiger partial charge is 0.123 e. The summed E-state index contributed by atoms with van der Waals surface area (Å²) in [7, 11) is 0. The van der Waals surface area contributed by atoms with Crippen molar-refractivity contribution in [1.29, 1.82) is 0 Å². The summed E-state index contributed by atoms with van der Waals surface area (Å²) in [5.74, 6) is -0.168. The van der Waals surface area contributed by atoms with E-state index in [0.29, 0.717) is 6.54 Å². The Labute approximate surface area is 124 Å². The summed E-state index contributed by atoms with van der Waals surface area (Å²) in [6, 6.07) is 15.9. The Bertz CT molecular complexity index is 664. The fourth-order valence-electron chi connectivity index (χ4n) is 3.79. The molecule has 0 saturated heterocycles. The standard InChI is InChI=1S/C18H19FN2/c19-15-7-6-13-12-21(17(11-20)16(13)10-15)18(8-9-18)14-4-2-1-3-5-14/h1-7,10,17H,8-9,11-12,20H2. The highest BCUT2D eigenvalue weighted by molar-refractivity contribution is 5.39. The summed E-state index contributed by atoms with van der Waals surface area (Å²) < 4.78 is 13.6. The number of benzene rings is 2. The molecule has 2 aliphatic rings. The zero-order chi connectivity index (χ0) is 14.4. The Balaban J connectivity index is 1.74. The predicted molar refractivity (Wildman–Crippen MR) is 81.1 cm³/mol. The first-order chi connectivity index (χ1) is 10.2. The van der Waals surface area contributed by atoms with E-state index in [-0.39, 0.29) is 17.4 Å². The average Bonchev–Trinajstić information content (AvgIpc) is 3.24. The molecular formula is C18H19FN2. The SMILES string of the molecule is NCC1c2cc(F)ccc2CN1C1(c2ccccc2)CC1. The van der Waals surface area contributed by atoms with Crippen molar-refractivity contribution in [3.8, 4) is 0 Å². The zero-order valence-corrected chi connectivity index (χ0v) is 11.9. The van der Waals surface area contributed by atoms with Crippen molar-refractivity contribution in [3.63, 3.8) is 0 Å². The van der Waals surface area contributed by atoms with Crippen molar-refractivity contribution < 1.29 is 4.39 Å². The van der Waals surface area contributed by atoms with Crippen LogP contribution in [0.5, 0.6) is 0 Å². The maximum atomic E-state index is 13.6. The first-order valence-corrected chi connectivity index (χ1v) is 7.55. The van der Waals surface area contributed by atoms with E-state index in [1.54, 1.807) is 12.1 Å². The average molecular weight is 282 g/mol. The van der Waals surface area contributed by atoms with E-state index in [9.17, 15) is 4.39 Å². The van der Waals surface area contributed by atoms with Crippen LogP contribution in [0.15, 0.2) is 48.5 Å². The van der Waals surface area contributed by atoms with Crippen LogP contribution in [0.1, 0.15) is 35.6 Å². The van der Waals surface area contributed by atoms with E-state index in [1.165, 1.54) is 11.1 Å². The lowest BCUT2D eigenvalue weighted by Crippen LogP contribution is -2.37. The molecule has 2 N–H and O–H groups in total. The molecule has 0 bridgehead atoms. The number of halogens is 1. The lowest BCUT2D eigenvalue weighted by atomic mass is 10.0. The molecule has 0 spiro atoms. The number of fused-ring (bicyclic) bond motifs is 1. The Kier molecular flexibility index (Phi) is 2.88. The van der Waals surface area contributed by atoms with Crippen LogP contribution in [0.3, 0.4) is 0 Å². The molecule has 1 heterocycles. The summed E-state index contributed by atoms with van der Waals surface area (Å²) in [6.45, 7) is 1.40.